The molecule has 0 aliphatic heterocycles. The highest BCUT2D eigenvalue weighted by atomic mass is 16.3. The third-order valence-corrected chi connectivity index (χ3v) is 3.66. The highest BCUT2D eigenvalue weighted by molar-refractivity contribution is 5.43. The van der Waals surface area contributed by atoms with E-state index >= 15 is 0 Å². The first kappa shape index (κ1) is 13.3. The van der Waals surface area contributed by atoms with Crippen molar-refractivity contribution < 1.29 is 5.11 Å². The van der Waals surface area contributed by atoms with Crippen LogP contribution in [-0.2, 0) is 0 Å². The van der Waals surface area contributed by atoms with Crippen molar-refractivity contribution >= 4 is 5.82 Å². The van der Waals surface area contributed by atoms with Gasteiger partial charge in [0.25, 0.3) is 0 Å². The number of aromatic nitrogens is 1. The van der Waals surface area contributed by atoms with E-state index in [4.69, 9.17) is 10.8 Å². The molecule has 1 fully saturated rings. The molecule has 1 aromatic rings. The third kappa shape index (κ3) is 3.00. The molecule has 1 atom stereocenters. The van der Waals surface area contributed by atoms with Crippen molar-refractivity contribution in [3.63, 3.8) is 0 Å². The van der Waals surface area contributed by atoms with Crippen molar-refractivity contribution in [2.75, 3.05) is 18.1 Å². The Balaban J connectivity index is 2.15. The van der Waals surface area contributed by atoms with Gasteiger partial charge in [-0.3, -0.25) is 0 Å². The molecule has 2 rings (SSSR count). The number of rotatable bonds is 6. The topological polar surface area (TPSA) is 62.4 Å². The van der Waals surface area contributed by atoms with E-state index in [1.54, 1.807) is 0 Å². The molecule has 4 nitrogen and oxygen atoms in total. The molecule has 0 radical (unpaired) electrons. The van der Waals surface area contributed by atoms with Crippen molar-refractivity contribution in [3.8, 4) is 0 Å². The molecule has 0 saturated heterocycles. The smallest absolute Gasteiger partial charge is 0.129 e. The number of aliphatic hydroxyl groups is 1. The lowest BCUT2D eigenvalue weighted by Gasteiger charge is -2.38. The minimum Gasteiger partial charge on any atom is -0.396 e. The second kappa shape index (κ2) is 6.16. The first-order chi connectivity index (χ1) is 8.72. The van der Waals surface area contributed by atoms with Gasteiger partial charge in [0.1, 0.15) is 5.82 Å². The predicted octanol–water partition coefficient (Wildman–Crippen LogP) is 1.84. The minimum absolute atomic E-state index is 0.0350. The van der Waals surface area contributed by atoms with Crippen LogP contribution in [0.15, 0.2) is 18.3 Å². The largest absolute Gasteiger partial charge is 0.396 e. The van der Waals surface area contributed by atoms with Crippen LogP contribution in [0.5, 0.6) is 0 Å². The van der Waals surface area contributed by atoms with Crippen LogP contribution in [0.2, 0.25) is 0 Å². The number of nitrogens with two attached hydrogens (primary N) is 1. The average molecular weight is 249 g/mol. The summed E-state index contributed by atoms with van der Waals surface area (Å²) in [5, 5.41) is 9.01. The quantitative estimate of drug-likeness (QED) is 0.807. The van der Waals surface area contributed by atoms with E-state index in [2.05, 4.69) is 16.0 Å². The highest BCUT2D eigenvalue weighted by Gasteiger charge is 2.25. The van der Waals surface area contributed by atoms with Crippen LogP contribution in [0.1, 0.15) is 44.2 Å². The van der Waals surface area contributed by atoms with E-state index in [-0.39, 0.29) is 12.6 Å². The van der Waals surface area contributed by atoms with Crippen molar-refractivity contribution in [1.82, 2.24) is 4.98 Å². The van der Waals surface area contributed by atoms with Gasteiger partial charge in [-0.05, 0) is 50.3 Å². The summed E-state index contributed by atoms with van der Waals surface area (Å²) in [5.41, 5.74) is 7.04. The van der Waals surface area contributed by atoms with Crippen LogP contribution >= 0.6 is 0 Å². The first-order valence-electron chi connectivity index (χ1n) is 6.81. The Bertz CT molecular complexity index is 377. The highest BCUT2D eigenvalue weighted by Crippen LogP contribution is 2.29. The molecule has 3 N–H and O–H groups in total. The van der Waals surface area contributed by atoms with Gasteiger partial charge in [0.05, 0.1) is 0 Å². The molecular weight excluding hydrogens is 226 g/mol. The van der Waals surface area contributed by atoms with Crippen molar-refractivity contribution in [3.05, 3.63) is 23.9 Å². The zero-order valence-corrected chi connectivity index (χ0v) is 11.0. The standard InChI is InChI=1S/C14H23N3O/c1-11(15)12-6-7-16-14(10-12)17(8-3-9-18)13-4-2-5-13/h6-7,10-11,13,18H,2-5,8-9,15H2,1H3/t11-/m0/s1. The Kier molecular flexibility index (Phi) is 4.55. The Hall–Kier alpha value is -1.13. The number of anilines is 1. The summed E-state index contributed by atoms with van der Waals surface area (Å²) < 4.78 is 0. The molecular formula is C14H23N3O. The summed E-state index contributed by atoms with van der Waals surface area (Å²) in [6.07, 6.45) is 6.39. The monoisotopic (exact) mass is 249 g/mol. The molecule has 18 heavy (non-hydrogen) atoms. The van der Waals surface area contributed by atoms with Gasteiger partial charge in [-0.15, -0.1) is 0 Å². The molecule has 1 aromatic heterocycles. The van der Waals surface area contributed by atoms with Gasteiger partial charge < -0.3 is 15.7 Å². The van der Waals surface area contributed by atoms with E-state index in [0.717, 1.165) is 24.3 Å². The summed E-state index contributed by atoms with van der Waals surface area (Å²) >= 11 is 0. The number of hydrogen-bond donors (Lipinski definition) is 2. The fourth-order valence-electron chi connectivity index (χ4n) is 2.30. The Labute approximate surface area is 109 Å². The van der Waals surface area contributed by atoms with E-state index in [1.807, 2.05) is 19.2 Å². The number of nitrogens with zero attached hydrogens (tertiary/aromatic N) is 2. The zero-order chi connectivity index (χ0) is 13.0. The molecule has 100 valence electrons. The summed E-state index contributed by atoms with van der Waals surface area (Å²) in [4.78, 5) is 6.79. The second-order valence-corrected chi connectivity index (χ2v) is 5.09. The van der Waals surface area contributed by atoms with Crippen LogP contribution in [0.3, 0.4) is 0 Å². The lowest BCUT2D eigenvalue weighted by molar-refractivity contribution is 0.282. The number of aliphatic hydroxyl groups excluding tert-OH is 1. The van der Waals surface area contributed by atoms with Crippen molar-refractivity contribution in [2.24, 2.45) is 5.73 Å². The predicted molar refractivity (Wildman–Crippen MR) is 73.5 cm³/mol. The van der Waals surface area contributed by atoms with E-state index < -0.39 is 0 Å². The van der Waals surface area contributed by atoms with Gasteiger partial charge in [0, 0.05) is 31.4 Å². The summed E-state index contributed by atoms with van der Waals surface area (Å²) in [7, 11) is 0. The van der Waals surface area contributed by atoms with Gasteiger partial charge in [-0.1, -0.05) is 0 Å². The fraction of sp³-hybridized carbons (Fsp3) is 0.643. The van der Waals surface area contributed by atoms with Crippen LogP contribution in [0, 0.1) is 0 Å². The Morgan fingerprint density at radius 3 is 2.89 bits per heavy atom. The molecule has 4 heteroatoms. The Morgan fingerprint density at radius 2 is 2.33 bits per heavy atom. The minimum atomic E-state index is 0.0350. The van der Waals surface area contributed by atoms with E-state index in [1.165, 1.54) is 19.3 Å². The lowest BCUT2D eigenvalue weighted by Crippen LogP contribution is -2.41. The van der Waals surface area contributed by atoms with Gasteiger partial charge in [0.15, 0.2) is 0 Å². The van der Waals surface area contributed by atoms with Crippen molar-refractivity contribution in [2.45, 2.75) is 44.7 Å². The average Bonchev–Trinajstić information content (AvgIpc) is 2.32. The maximum atomic E-state index is 9.01. The molecule has 1 aliphatic carbocycles. The van der Waals surface area contributed by atoms with Crippen molar-refractivity contribution in [1.29, 1.82) is 0 Å². The van der Waals surface area contributed by atoms with Crippen LogP contribution in [0.25, 0.3) is 0 Å². The molecule has 1 heterocycles. The number of hydrogen-bond acceptors (Lipinski definition) is 4. The molecule has 1 saturated carbocycles. The summed E-state index contributed by atoms with van der Waals surface area (Å²) in [6, 6.07) is 4.68. The van der Waals surface area contributed by atoms with Crippen LogP contribution in [-0.4, -0.2) is 29.3 Å². The summed E-state index contributed by atoms with van der Waals surface area (Å²) in [6.45, 7) is 3.09. The fourth-order valence-corrected chi connectivity index (χ4v) is 2.30. The zero-order valence-electron chi connectivity index (χ0n) is 11.0. The van der Waals surface area contributed by atoms with Gasteiger partial charge in [0.2, 0.25) is 0 Å². The molecule has 0 spiro atoms. The van der Waals surface area contributed by atoms with Crippen LogP contribution in [0.4, 0.5) is 5.82 Å². The first-order valence-corrected chi connectivity index (χ1v) is 6.81. The van der Waals surface area contributed by atoms with Crippen LogP contribution < -0.4 is 10.6 Å². The molecule has 0 amide bonds. The lowest BCUT2D eigenvalue weighted by atomic mass is 9.91. The molecule has 0 aromatic carbocycles. The second-order valence-electron chi connectivity index (χ2n) is 5.09. The van der Waals surface area contributed by atoms with Gasteiger partial charge >= 0.3 is 0 Å². The summed E-state index contributed by atoms with van der Waals surface area (Å²) in [5.74, 6) is 1.00. The van der Waals surface area contributed by atoms with E-state index in [9.17, 15) is 0 Å². The molecule has 1 aliphatic rings. The maximum Gasteiger partial charge on any atom is 0.129 e. The maximum absolute atomic E-state index is 9.01. The third-order valence-electron chi connectivity index (χ3n) is 3.66. The molecule has 0 bridgehead atoms. The van der Waals surface area contributed by atoms with Gasteiger partial charge in [-0.25, -0.2) is 4.98 Å². The Morgan fingerprint density at radius 1 is 1.56 bits per heavy atom. The van der Waals surface area contributed by atoms with Gasteiger partial charge in [-0.2, -0.15) is 0 Å². The normalized spacial score (nSPS) is 17.3. The SMILES string of the molecule is C[C@H](N)c1ccnc(N(CCCO)C2CCC2)c1. The molecule has 0 unspecified atom stereocenters. The number of pyridine rings is 1. The van der Waals surface area contributed by atoms with E-state index in [0.29, 0.717) is 6.04 Å².